The van der Waals surface area contributed by atoms with E-state index < -0.39 is 0 Å². The molecule has 1 unspecified atom stereocenters. The topological polar surface area (TPSA) is 92.9 Å². The lowest BCUT2D eigenvalue weighted by Crippen LogP contribution is -2.15. The van der Waals surface area contributed by atoms with Crippen LogP contribution in [0.1, 0.15) is 40.8 Å². The van der Waals surface area contributed by atoms with Gasteiger partial charge in [-0.05, 0) is 37.9 Å². The molecule has 0 saturated carbocycles. The van der Waals surface area contributed by atoms with E-state index in [2.05, 4.69) is 25.8 Å². The van der Waals surface area contributed by atoms with Gasteiger partial charge in [-0.1, -0.05) is 11.2 Å². The van der Waals surface area contributed by atoms with Crippen LogP contribution in [0.3, 0.4) is 0 Å². The Morgan fingerprint density at radius 3 is 3.15 bits per heavy atom. The molecule has 104 valence electrons. The lowest BCUT2D eigenvalue weighted by molar-refractivity contribution is 0.101. The summed E-state index contributed by atoms with van der Waals surface area (Å²) in [5.74, 6) is 0.160. The minimum absolute atomic E-state index is 0.0877. The number of carbonyl (C=O) groups is 1. The molecule has 7 heteroatoms. The summed E-state index contributed by atoms with van der Waals surface area (Å²) in [6, 6.07) is 3.79. The largest absolute Gasteiger partial charge is 0.406 e. The third kappa shape index (κ3) is 2.53. The van der Waals surface area contributed by atoms with Crippen molar-refractivity contribution in [1.82, 2.24) is 20.5 Å². The highest BCUT2D eigenvalue weighted by Gasteiger charge is 2.23. The van der Waals surface area contributed by atoms with E-state index in [-0.39, 0.29) is 18.0 Å². The van der Waals surface area contributed by atoms with Crippen LogP contribution in [0.2, 0.25) is 0 Å². The van der Waals surface area contributed by atoms with Crippen LogP contribution in [0, 0.1) is 6.92 Å². The van der Waals surface area contributed by atoms with E-state index in [4.69, 9.17) is 4.42 Å². The minimum atomic E-state index is -0.349. The van der Waals surface area contributed by atoms with Gasteiger partial charge in [0.05, 0.1) is 6.04 Å². The predicted molar refractivity (Wildman–Crippen MR) is 71.2 cm³/mol. The Hall–Kier alpha value is -2.28. The summed E-state index contributed by atoms with van der Waals surface area (Å²) in [6.45, 7) is 2.77. The number of pyridine rings is 1. The van der Waals surface area contributed by atoms with Crippen molar-refractivity contribution in [3.05, 3.63) is 35.5 Å². The fourth-order valence-electron chi connectivity index (χ4n) is 2.20. The normalized spacial score (nSPS) is 18.1. The second kappa shape index (κ2) is 5.38. The number of nitrogens with zero attached hydrogens (tertiary/aromatic N) is 3. The molecule has 3 heterocycles. The molecule has 1 aliphatic rings. The number of hydrogen-bond acceptors (Lipinski definition) is 6. The summed E-state index contributed by atoms with van der Waals surface area (Å²) in [6.07, 6.45) is 3.63. The Morgan fingerprint density at radius 2 is 2.40 bits per heavy atom. The van der Waals surface area contributed by atoms with Crippen LogP contribution >= 0.6 is 0 Å². The van der Waals surface area contributed by atoms with Crippen molar-refractivity contribution in [3.63, 3.8) is 0 Å². The van der Waals surface area contributed by atoms with Crippen molar-refractivity contribution in [2.75, 3.05) is 11.9 Å². The summed E-state index contributed by atoms with van der Waals surface area (Å²) < 4.78 is 5.46. The molecule has 7 nitrogen and oxygen atoms in total. The summed E-state index contributed by atoms with van der Waals surface area (Å²) in [5, 5.41) is 13.6. The first kappa shape index (κ1) is 12.7. The Balaban J connectivity index is 1.72. The van der Waals surface area contributed by atoms with E-state index in [1.54, 1.807) is 12.3 Å². The number of aryl methyl sites for hydroxylation is 1. The minimum Gasteiger partial charge on any atom is -0.406 e. The summed E-state index contributed by atoms with van der Waals surface area (Å²) in [7, 11) is 0. The van der Waals surface area contributed by atoms with Gasteiger partial charge < -0.3 is 9.73 Å². The van der Waals surface area contributed by atoms with Crippen LogP contribution in [0.5, 0.6) is 0 Å². The molecule has 0 radical (unpaired) electrons. The van der Waals surface area contributed by atoms with Crippen molar-refractivity contribution in [2.45, 2.75) is 25.8 Å². The average molecular weight is 273 g/mol. The smallest absolute Gasteiger partial charge is 0.322 e. The van der Waals surface area contributed by atoms with Crippen LogP contribution in [0.25, 0.3) is 0 Å². The fourth-order valence-corrected chi connectivity index (χ4v) is 2.20. The van der Waals surface area contributed by atoms with Gasteiger partial charge in [-0.2, -0.15) is 0 Å². The van der Waals surface area contributed by atoms with Gasteiger partial charge in [0, 0.05) is 6.20 Å². The monoisotopic (exact) mass is 273 g/mol. The van der Waals surface area contributed by atoms with Crippen LogP contribution in [-0.2, 0) is 0 Å². The van der Waals surface area contributed by atoms with Crippen LogP contribution < -0.4 is 10.6 Å². The van der Waals surface area contributed by atoms with Crippen LogP contribution in [0.4, 0.5) is 6.01 Å². The Kier molecular flexibility index (Phi) is 3.42. The SMILES string of the molecule is Cc1cccnc1C(=O)Nc1nnc(C2CCCN2)o1. The molecule has 2 aromatic rings. The molecule has 2 aromatic heterocycles. The molecule has 0 aliphatic carbocycles. The van der Waals surface area contributed by atoms with Gasteiger partial charge in [-0.3, -0.25) is 15.1 Å². The number of aromatic nitrogens is 3. The number of anilines is 1. The van der Waals surface area contributed by atoms with Gasteiger partial charge in [0.25, 0.3) is 5.91 Å². The maximum Gasteiger partial charge on any atom is 0.322 e. The van der Waals surface area contributed by atoms with Crippen LogP contribution in [0.15, 0.2) is 22.7 Å². The van der Waals surface area contributed by atoms with Gasteiger partial charge >= 0.3 is 6.01 Å². The van der Waals surface area contributed by atoms with E-state index in [0.717, 1.165) is 24.9 Å². The van der Waals surface area contributed by atoms with Crippen molar-refractivity contribution < 1.29 is 9.21 Å². The van der Waals surface area contributed by atoms with Crippen LogP contribution in [-0.4, -0.2) is 27.6 Å². The number of amides is 1. The van der Waals surface area contributed by atoms with Crippen molar-refractivity contribution in [1.29, 1.82) is 0 Å². The fraction of sp³-hybridized carbons (Fsp3) is 0.385. The summed E-state index contributed by atoms with van der Waals surface area (Å²) in [5.41, 5.74) is 1.15. The van der Waals surface area contributed by atoms with E-state index in [1.165, 1.54) is 0 Å². The Bertz CT molecular complexity index is 619. The lowest BCUT2D eigenvalue weighted by atomic mass is 10.2. The maximum atomic E-state index is 12.0. The van der Waals surface area contributed by atoms with Gasteiger partial charge in [0.15, 0.2) is 0 Å². The third-order valence-electron chi connectivity index (χ3n) is 3.24. The highest BCUT2D eigenvalue weighted by molar-refractivity contribution is 6.02. The average Bonchev–Trinajstić information content (AvgIpc) is 3.09. The molecular weight excluding hydrogens is 258 g/mol. The zero-order valence-corrected chi connectivity index (χ0v) is 11.1. The molecule has 1 aliphatic heterocycles. The first-order valence-corrected chi connectivity index (χ1v) is 6.54. The zero-order valence-electron chi connectivity index (χ0n) is 11.1. The number of hydrogen-bond donors (Lipinski definition) is 2. The predicted octanol–water partition coefficient (Wildman–Crippen LogP) is 1.45. The second-order valence-electron chi connectivity index (χ2n) is 4.72. The van der Waals surface area contributed by atoms with Gasteiger partial charge in [0.1, 0.15) is 5.69 Å². The highest BCUT2D eigenvalue weighted by Crippen LogP contribution is 2.23. The molecule has 0 spiro atoms. The van der Waals surface area contributed by atoms with Crippen molar-refractivity contribution in [3.8, 4) is 0 Å². The molecule has 0 bridgehead atoms. The molecule has 3 rings (SSSR count). The van der Waals surface area contributed by atoms with E-state index in [0.29, 0.717) is 11.6 Å². The standard InChI is InChI=1S/C13H15N5O2/c1-8-4-2-7-15-10(8)11(19)16-13-18-17-12(20-13)9-5-3-6-14-9/h2,4,7,9,14H,3,5-6H2,1H3,(H,16,18,19). The summed E-state index contributed by atoms with van der Waals surface area (Å²) >= 11 is 0. The molecular formula is C13H15N5O2. The molecule has 1 atom stereocenters. The molecule has 1 saturated heterocycles. The molecule has 20 heavy (non-hydrogen) atoms. The lowest BCUT2D eigenvalue weighted by Gasteiger charge is -2.03. The molecule has 1 amide bonds. The van der Waals surface area contributed by atoms with Gasteiger partial charge in [-0.15, -0.1) is 5.10 Å². The number of carbonyl (C=O) groups excluding carboxylic acids is 1. The van der Waals surface area contributed by atoms with E-state index in [9.17, 15) is 4.79 Å². The first-order valence-electron chi connectivity index (χ1n) is 6.54. The maximum absolute atomic E-state index is 12.0. The Labute approximate surface area is 115 Å². The Morgan fingerprint density at radius 1 is 1.50 bits per heavy atom. The van der Waals surface area contributed by atoms with Gasteiger partial charge in [-0.25, -0.2) is 0 Å². The van der Waals surface area contributed by atoms with Crippen molar-refractivity contribution >= 4 is 11.9 Å². The quantitative estimate of drug-likeness (QED) is 0.879. The third-order valence-corrected chi connectivity index (χ3v) is 3.24. The number of rotatable bonds is 3. The highest BCUT2D eigenvalue weighted by atomic mass is 16.4. The molecule has 2 N–H and O–H groups in total. The first-order chi connectivity index (χ1) is 9.74. The van der Waals surface area contributed by atoms with E-state index in [1.807, 2.05) is 13.0 Å². The number of nitrogens with one attached hydrogen (secondary N) is 2. The van der Waals surface area contributed by atoms with Crippen molar-refractivity contribution in [2.24, 2.45) is 0 Å². The summed E-state index contributed by atoms with van der Waals surface area (Å²) in [4.78, 5) is 16.1. The molecule has 0 aromatic carbocycles. The van der Waals surface area contributed by atoms with E-state index >= 15 is 0 Å². The van der Waals surface area contributed by atoms with Gasteiger partial charge in [0.2, 0.25) is 5.89 Å². The zero-order chi connectivity index (χ0) is 13.9. The second-order valence-corrected chi connectivity index (χ2v) is 4.72. The molecule has 1 fully saturated rings.